The van der Waals surface area contributed by atoms with Gasteiger partial charge in [0.05, 0.1) is 5.02 Å². The fourth-order valence-electron chi connectivity index (χ4n) is 2.83. The molecule has 0 bridgehead atoms. The first-order chi connectivity index (χ1) is 11.6. The monoisotopic (exact) mass is 343 g/mol. The normalized spacial score (nSPS) is 13.3. The molecule has 0 aromatic heterocycles. The Balaban J connectivity index is 1.78. The Kier molecular flexibility index (Phi) is 4.86. The van der Waals surface area contributed by atoms with Gasteiger partial charge in [-0.1, -0.05) is 35.9 Å². The number of para-hydroxylation sites is 1. The molecule has 1 amide bonds. The van der Waals surface area contributed by atoms with Gasteiger partial charge in [-0.3, -0.25) is 9.59 Å². The van der Waals surface area contributed by atoms with Crippen molar-refractivity contribution in [2.45, 2.75) is 19.8 Å². The van der Waals surface area contributed by atoms with Gasteiger partial charge in [0.25, 0.3) is 5.91 Å². The zero-order chi connectivity index (χ0) is 17.1. The Morgan fingerprint density at radius 2 is 2.00 bits per heavy atom. The number of Topliss-reactive ketones (excluding diaryl/α,β-unsaturated/α-hetero) is 1. The summed E-state index contributed by atoms with van der Waals surface area (Å²) in [6, 6.07) is 12.6. The van der Waals surface area contributed by atoms with Gasteiger partial charge < -0.3 is 9.64 Å². The number of ketones is 1. The van der Waals surface area contributed by atoms with Gasteiger partial charge in [-0.05, 0) is 43.5 Å². The van der Waals surface area contributed by atoms with Gasteiger partial charge in [0.2, 0.25) is 0 Å². The van der Waals surface area contributed by atoms with Crippen molar-refractivity contribution in [1.82, 2.24) is 0 Å². The number of anilines is 1. The first-order valence-electron chi connectivity index (χ1n) is 7.88. The van der Waals surface area contributed by atoms with Crippen LogP contribution in [-0.4, -0.2) is 24.8 Å². The number of carbonyl (C=O) groups excluding carboxylic acids is 2. The van der Waals surface area contributed by atoms with Crippen LogP contribution in [0.1, 0.15) is 29.3 Å². The molecular formula is C19H18ClNO3. The van der Waals surface area contributed by atoms with Crippen LogP contribution in [0, 0.1) is 0 Å². The number of aryl methyl sites for hydroxylation is 1. The summed E-state index contributed by atoms with van der Waals surface area (Å²) in [6.45, 7) is 2.06. The van der Waals surface area contributed by atoms with E-state index in [0.717, 1.165) is 24.1 Å². The molecule has 1 aliphatic rings. The lowest BCUT2D eigenvalue weighted by Crippen LogP contribution is -2.38. The zero-order valence-electron chi connectivity index (χ0n) is 13.4. The minimum absolute atomic E-state index is 0.0110. The predicted molar refractivity (Wildman–Crippen MR) is 94.1 cm³/mol. The maximum atomic E-state index is 12.6. The molecule has 0 unspecified atom stereocenters. The minimum Gasteiger partial charge on any atom is -0.482 e. The molecule has 1 heterocycles. The number of hydrogen-bond donors (Lipinski definition) is 0. The number of carbonyl (C=O) groups is 2. The molecule has 0 N–H and O–H groups in total. The van der Waals surface area contributed by atoms with Gasteiger partial charge in [0.1, 0.15) is 5.75 Å². The quantitative estimate of drug-likeness (QED) is 0.791. The summed E-state index contributed by atoms with van der Waals surface area (Å²) in [5, 5.41) is 0.475. The zero-order valence-corrected chi connectivity index (χ0v) is 14.2. The van der Waals surface area contributed by atoms with Crippen LogP contribution < -0.4 is 9.64 Å². The number of benzene rings is 2. The summed E-state index contributed by atoms with van der Waals surface area (Å²) >= 11 is 6.04. The largest absolute Gasteiger partial charge is 0.482 e. The van der Waals surface area contributed by atoms with Crippen molar-refractivity contribution in [3.05, 3.63) is 58.6 Å². The fraction of sp³-hybridized carbons (Fsp3) is 0.263. The third-order valence-electron chi connectivity index (χ3n) is 4.10. The van der Waals surface area contributed by atoms with E-state index in [1.165, 1.54) is 6.92 Å². The van der Waals surface area contributed by atoms with Crippen molar-refractivity contribution in [1.29, 1.82) is 0 Å². The highest BCUT2D eigenvalue weighted by molar-refractivity contribution is 6.32. The molecule has 0 saturated heterocycles. The lowest BCUT2D eigenvalue weighted by Gasteiger charge is -2.30. The number of hydrogen-bond acceptors (Lipinski definition) is 3. The molecule has 0 saturated carbocycles. The lowest BCUT2D eigenvalue weighted by atomic mass is 9.98. The van der Waals surface area contributed by atoms with Crippen molar-refractivity contribution in [2.75, 3.05) is 18.1 Å². The van der Waals surface area contributed by atoms with E-state index >= 15 is 0 Å². The molecule has 2 aromatic carbocycles. The number of nitrogens with zero attached hydrogens (tertiary/aromatic N) is 1. The summed E-state index contributed by atoms with van der Waals surface area (Å²) < 4.78 is 5.55. The van der Waals surface area contributed by atoms with Gasteiger partial charge in [0.15, 0.2) is 12.4 Å². The van der Waals surface area contributed by atoms with E-state index in [2.05, 4.69) is 0 Å². The smallest absolute Gasteiger partial charge is 0.264 e. The van der Waals surface area contributed by atoms with Crippen molar-refractivity contribution >= 4 is 29.0 Å². The average molecular weight is 344 g/mol. The third kappa shape index (κ3) is 3.44. The summed E-state index contributed by atoms with van der Waals surface area (Å²) in [6.07, 6.45) is 1.80. The fourth-order valence-corrected chi connectivity index (χ4v) is 3.02. The van der Waals surface area contributed by atoms with Crippen molar-refractivity contribution in [2.24, 2.45) is 0 Å². The molecule has 4 nitrogen and oxygen atoms in total. The first-order valence-corrected chi connectivity index (χ1v) is 8.25. The molecule has 0 fully saturated rings. The van der Waals surface area contributed by atoms with E-state index in [0.29, 0.717) is 22.9 Å². The third-order valence-corrected chi connectivity index (χ3v) is 4.41. The topological polar surface area (TPSA) is 46.6 Å². The van der Waals surface area contributed by atoms with Crippen LogP contribution in [0.5, 0.6) is 5.75 Å². The summed E-state index contributed by atoms with van der Waals surface area (Å²) in [5.74, 6) is 0.335. The molecule has 0 aliphatic carbocycles. The van der Waals surface area contributed by atoms with Gasteiger partial charge in [-0.25, -0.2) is 0 Å². The van der Waals surface area contributed by atoms with E-state index < -0.39 is 0 Å². The van der Waals surface area contributed by atoms with E-state index in [1.807, 2.05) is 12.1 Å². The molecule has 2 aromatic rings. The lowest BCUT2D eigenvalue weighted by molar-refractivity contribution is -0.120. The number of amides is 1. The van der Waals surface area contributed by atoms with E-state index in [4.69, 9.17) is 16.3 Å². The Morgan fingerprint density at radius 3 is 2.75 bits per heavy atom. The highest BCUT2D eigenvalue weighted by Gasteiger charge is 2.23. The van der Waals surface area contributed by atoms with Crippen LogP contribution in [-0.2, 0) is 11.2 Å². The van der Waals surface area contributed by atoms with Gasteiger partial charge in [-0.15, -0.1) is 0 Å². The maximum Gasteiger partial charge on any atom is 0.264 e. The van der Waals surface area contributed by atoms with Crippen molar-refractivity contribution in [3.8, 4) is 5.75 Å². The van der Waals surface area contributed by atoms with Crippen LogP contribution in [0.4, 0.5) is 5.69 Å². The molecule has 5 heteroatoms. The standard InChI is InChI=1S/C19H18ClNO3/c1-13(22)15-9-8-14-5-4-10-21(17(14)11-15)19(23)12-24-18-7-3-2-6-16(18)20/h2-3,6-9,11H,4-5,10,12H2,1H3. The average Bonchev–Trinajstić information content (AvgIpc) is 2.59. The SMILES string of the molecule is CC(=O)c1ccc2c(c1)N(C(=O)COc1ccccc1Cl)CCC2. The maximum absolute atomic E-state index is 12.6. The molecule has 1 aliphatic heterocycles. The second-order valence-corrected chi connectivity index (χ2v) is 6.17. The molecular weight excluding hydrogens is 326 g/mol. The summed E-state index contributed by atoms with van der Waals surface area (Å²) in [7, 11) is 0. The number of halogens is 1. The molecule has 0 atom stereocenters. The van der Waals surface area contributed by atoms with Gasteiger partial charge >= 0.3 is 0 Å². The Morgan fingerprint density at radius 1 is 1.21 bits per heavy atom. The number of ether oxygens (including phenoxy) is 1. The van der Waals surface area contributed by atoms with Crippen LogP contribution in [0.15, 0.2) is 42.5 Å². The second kappa shape index (κ2) is 7.05. The second-order valence-electron chi connectivity index (χ2n) is 5.77. The van der Waals surface area contributed by atoms with Crippen LogP contribution >= 0.6 is 11.6 Å². The predicted octanol–water partition coefficient (Wildman–Crippen LogP) is 3.90. The van der Waals surface area contributed by atoms with Crippen LogP contribution in [0.25, 0.3) is 0 Å². The Labute approximate surface area is 146 Å². The first kappa shape index (κ1) is 16.5. The van der Waals surface area contributed by atoms with E-state index in [-0.39, 0.29) is 18.3 Å². The van der Waals surface area contributed by atoms with Gasteiger partial charge in [-0.2, -0.15) is 0 Å². The molecule has 24 heavy (non-hydrogen) atoms. The summed E-state index contributed by atoms with van der Waals surface area (Å²) in [5.41, 5.74) is 2.50. The Hall–Kier alpha value is -2.33. The Bertz CT molecular complexity index is 788. The van der Waals surface area contributed by atoms with Crippen LogP contribution in [0.2, 0.25) is 5.02 Å². The van der Waals surface area contributed by atoms with Gasteiger partial charge in [0, 0.05) is 17.8 Å². The molecule has 124 valence electrons. The highest BCUT2D eigenvalue weighted by atomic mass is 35.5. The van der Waals surface area contributed by atoms with Crippen molar-refractivity contribution in [3.63, 3.8) is 0 Å². The highest BCUT2D eigenvalue weighted by Crippen LogP contribution is 2.29. The van der Waals surface area contributed by atoms with Crippen molar-refractivity contribution < 1.29 is 14.3 Å². The van der Waals surface area contributed by atoms with E-state index in [9.17, 15) is 9.59 Å². The van der Waals surface area contributed by atoms with E-state index in [1.54, 1.807) is 35.2 Å². The number of fused-ring (bicyclic) bond motifs is 1. The van der Waals surface area contributed by atoms with Crippen LogP contribution in [0.3, 0.4) is 0 Å². The number of rotatable bonds is 4. The molecule has 3 rings (SSSR count). The summed E-state index contributed by atoms with van der Waals surface area (Å²) in [4.78, 5) is 25.9. The minimum atomic E-state index is -0.142. The molecule has 0 spiro atoms. The molecule has 0 radical (unpaired) electrons.